The Morgan fingerprint density at radius 3 is 2.48 bits per heavy atom. The maximum atomic E-state index is 13.6. The van der Waals surface area contributed by atoms with Crippen LogP contribution in [0.25, 0.3) is 5.65 Å². The average molecular weight is 419 g/mol. The van der Waals surface area contributed by atoms with Gasteiger partial charge in [-0.15, -0.1) is 0 Å². The first-order valence-electron chi connectivity index (χ1n) is 9.22. The van der Waals surface area contributed by atoms with Gasteiger partial charge in [0, 0.05) is 31.1 Å². The second-order valence-electron chi connectivity index (χ2n) is 7.47. The highest BCUT2D eigenvalue weighted by atomic mass is 19.4. The lowest BCUT2D eigenvalue weighted by molar-refractivity contribution is -0.141. The van der Waals surface area contributed by atoms with Gasteiger partial charge in [0.25, 0.3) is 5.91 Å². The van der Waals surface area contributed by atoms with E-state index in [0.29, 0.717) is 5.69 Å². The highest BCUT2D eigenvalue weighted by Crippen LogP contribution is 2.40. The maximum absolute atomic E-state index is 13.6. The van der Waals surface area contributed by atoms with Crippen LogP contribution >= 0.6 is 0 Å². The Labute approximate surface area is 164 Å². The van der Waals surface area contributed by atoms with E-state index in [9.17, 15) is 26.7 Å². The van der Waals surface area contributed by atoms with Gasteiger partial charge in [-0.25, -0.2) is 18.8 Å². The number of aromatic nitrogens is 2. The maximum Gasteiger partial charge on any atom is 0.435 e. The van der Waals surface area contributed by atoms with Crippen LogP contribution in [0, 0.1) is 12.8 Å². The smallest absolute Gasteiger partial charge is 0.301 e. The molecule has 0 unspecified atom stereocenters. The van der Waals surface area contributed by atoms with Crippen molar-refractivity contribution >= 4 is 11.6 Å². The highest BCUT2D eigenvalue weighted by molar-refractivity contribution is 5.94. The molecule has 0 spiro atoms. The van der Waals surface area contributed by atoms with Gasteiger partial charge in [-0.3, -0.25) is 9.63 Å². The highest BCUT2D eigenvalue weighted by Gasteiger charge is 2.40. The fourth-order valence-corrected chi connectivity index (χ4v) is 3.81. The molecule has 10 heteroatoms. The summed E-state index contributed by atoms with van der Waals surface area (Å²) in [7, 11) is 2.69. The van der Waals surface area contributed by atoms with Gasteiger partial charge in [0.15, 0.2) is 5.69 Å². The molecule has 5 nitrogen and oxygen atoms in total. The van der Waals surface area contributed by atoms with Crippen molar-refractivity contribution < 1.29 is 31.6 Å². The van der Waals surface area contributed by atoms with E-state index in [1.165, 1.54) is 30.7 Å². The van der Waals surface area contributed by atoms with Crippen molar-refractivity contribution in [1.82, 2.24) is 14.4 Å². The summed E-state index contributed by atoms with van der Waals surface area (Å²) >= 11 is 0. The molecule has 2 aromatic heterocycles. The van der Waals surface area contributed by atoms with E-state index in [0.717, 1.165) is 5.06 Å². The number of hydrogen-bond acceptors (Lipinski definition) is 3. The average Bonchev–Trinajstić information content (AvgIpc) is 3.01. The fourth-order valence-electron chi connectivity index (χ4n) is 3.81. The molecule has 3 rings (SSSR count). The third-order valence-corrected chi connectivity index (χ3v) is 5.39. The van der Waals surface area contributed by atoms with Gasteiger partial charge < -0.3 is 4.40 Å². The van der Waals surface area contributed by atoms with Crippen LogP contribution in [-0.2, 0) is 17.4 Å². The van der Waals surface area contributed by atoms with Crippen molar-refractivity contribution in [2.24, 2.45) is 5.92 Å². The van der Waals surface area contributed by atoms with Crippen LogP contribution in [0.1, 0.15) is 53.1 Å². The number of carbonyl (C=O) groups excluding carboxylic acids is 1. The van der Waals surface area contributed by atoms with Gasteiger partial charge in [-0.05, 0) is 44.2 Å². The van der Waals surface area contributed by atoms with Gasteiger partial charge >= 0.3 is 6.18 Å². The Morgan fingerprint density at radius 1 is 1.31 bits per heavy atom. The molecule has 0 radical (unpaired) electrons. The monoisotopic (exact) mass is 419 g/mol. The van der Waals surface area contributed by atoms with E-state index in [4.69, 9.17) is 4.84 Å². The second-order valence-corrected chi connectivity index (χ2v) is 7.47. The molecule has 0 atom stereocenters. The van der Waals surface area contributed by atoms with E-state index in [2.05, 4.69) is 4.98 Å². The molecule has 1 amide bonds. The number of fused-ring (bicyclic) bond motifs is 1. The number of alkyl halides is 5. The van der Waals surface area contributed by atoms with Gasteiger partial charge in [-0.1, -0.05) is 0 Å². The number of amides is 1. The number of hydroxylamine groups is 2. The molecule has 0 aliphatic heterocycles. The first-order valence-corrected chi connectivity index (χ1v) is 9.22. The lowest BCUT2D eigenvalue weighted by Gasteiger charge is -2.28. The van der Waals surface area contributed by atoms with Crippen LogP contribution in [0.4, 0.5) is 22.0 Å². The van der Waals surface area contributed by atoms with Crippen molar-refractivity contribution in [1.29, 1.82) is 0 Å². The minimum Gasteiger partial charge on any atom is -0.301 e. The van der Waals surface area contributed by atoms with Crippen molar-refractivity contribution in [2.75, 3.05) is 14.2 Å². The molecular formula is C19H22F5N3O2. The molecule has 0 N–H and O–H groups in total. The minimum absolute atomic E-state index is 0.00179. The molecule has 0 aromatic carbocycles. The number of pyridine rings is 1. The zero-order chi connectivity index (χ0) is 21.6. The Bertz CT molecular complexity index is 913. The largest absolute Gasteiger partial charge is 0.435 e. The van der Waals surface area contributed by atoms with E-state index in [1.54, 1.807) is 6.92 Å². The van der Waals surface area contributed by atoms with Gasteiger partial charge in [-0.2, -0.15) is 13.2 Å². The predicted octanol–water partition coefficient (Wildman–Crippen LogP) is 4.66. The zero-order valence-corrected chi connectivity index (χ0v) is 16.3. The third-order valence-electron chi connectivity index (χ3n) is 5.39. The summed E-state index contributed by atoms with van der Waals surface area (Å²) in [6, 6.07) is 2.74. The SMILES string of the molecule is CON(C)C(=O)c1cc(C)n2c(CC3CCC(F)(F)CC3)c(C(F)(F)F)nc2c1. The summed E-state index contributed by atoms with van der Waals surface area (Å²) in [5, 5.41) is 0.960. The van der Waals surface area contributed by atoms with E-state index in [1.807, 2.05) is 0 Å². The van der Waals surface area contributed by atoms with Crippen LogP contribution in [0.3, 0.4) is 0 Å². The first-order chi connectivity index (χ1) is 13.4. The second kappa shape index (κ2) is 7.55. The lowest BCUT2D eigenvalue weighted by atomic mass is 9.83. The van der Waals surface area contributed by atoms with E-state index in [-0.39, 0.29) is 54.9 Å². The van der Waals surface area contributed by atoms with Crippen molar-refractivity contribution in [3.63, 3.8) is 0 Å². The molecule has 1 aliphatic carbocycles. The Balaban J connectivity index is 2.04. The van der Waals surface area contributed by atoms with Crippen LogP contribution < -0.4 is 0 Å². The summed E-state index contributed by atoms with van der Waals surface area (Å²) in [6.45, 7) is 1.58. The van der Waals surface area contributed by atoms with Gasteiger partial charge in [0.1, 0.15) is 5.65 Å². The first kappa shape index (κ1) is 21.5. The minimum atomic E-state index is -4.69. The molecule has 2 aromatic rings. The molecular weight excluding hydrogens is 397 g/mol. The quantitative estimate of drug-likeness (QED) is 0.535. The molecule has 2 heterocycles. The number of hydrogen-bond donors (Lipinski definition) is 0. The summed E-state index contributed by atoms with van der Waals surface area (Å²) in [6.07, 6.45) is -5.02. The van der Waals surface area contributed by atoms with Gasteiger partial charge in [0.2, 0.25) is 5.92 Å². The Hall–Kier alpha value is -2.23. The zero-order valence-electron chi connectivity index (χ0n) is 16.3. The normalized spacial score (nSPS) is 17.7. The van der Waals surface area contributed by atoms with Gasteiger partial charge in [0.05, 0.1) is 12.8 Å². The number of halogens is 5. The number of aryl methyl sites for hydroxylation is 1. The molecule has 1 aliphatic rings. The molecule has 1 fully saturated rings. The van der Waals surface area contributed by atoms with E-state index >= 15 is 0 Å². The predicted molar refractivity (Wildman–Crippen MR) is 94.6 cm³/mol. The Morgan fingerprint density at radius 2 is 1.93 bits per heavy atom. The molecule has 160 valence electrons. The third kappa shape index (κ3) is 4.36. The summed E-state index contributed by atoms with van der Waals surface area (Å²) in [4.78, 5) is 20.9. The number of carbonyl (C=O) groups is 1. The van der Waals surface area contributed by atoms with Crippen molar-refractivity contribution in [3.8, 4) is 0 Å². The topological polar surface area (TPSA) is 46.8 Å². The standard InChI is InChI=1S/C19H22F5N3O2/c1-11-8-13(17(28)26(2)29-3)10-15-25-16(19(22,23)24)14(27(11)15)9-12-4-6-18(20,21)7-5-12/h8,10,12H,4-7,9H2,1-3H3. The van der Waals surface area contributed by atoms with Crippen molar-refractivity contribution in [3.05, 3.63) is 34.8 Å². The van der Waals surface area contributed by atoms with Crippen LogP contribution in [0.15, 0.2) is 12.1 Å². The van der Waals surface area contributed by atoms with Crippen LogP contribution in [0.5, 0.6) is 0 Å². The summed E-state index contributed by atoms with van der Waals surface area (Å²) < 4.78 is 69.1. The summed E-state index contributed by atoms with van der Waals surface area (Å²) in [5.41, 5.74) is -0.570. The number of rotatable bonds is 4. The van der Waals surface area contributed by atoms with E-state index < -0.39 is 23.7 Å². The van der Waals surface area contributed by atoms with Crippen molar-refractivity contribution in [2.45, 2.75) is 51.1 Å². The molecule has 0 bridgehead atoms. The number of nitrogens with zero attached hydrogens (tertiary/aromatic N) is 3. The van der Waals surface area contributed by atoms with Crippen LogP contribution in [0.2, 0.25) is 0 Å². The Kier molecular flexibility index (Phi) is 5.59. The number of imidazole rings is 1. The fraction of sp³-hybridized carbons (Fsp3) is 0.579. The molecule has 1 saturated carbocycles. The molecule has 0 saturated heterocycles. The van der Waals surface area contributed by atoms with Crippen LogP contribution in [-0.4, -0.2) is 40.4 Å². The lowest BCUT2D eigenvalue weighted by Crippen LogP contribution is -2.26. The molecule has 29 heavy (non-hydrogen) atoms. The summed E-state index contributed by atoms with van der Waals surface area (Å²) in [5.74, 6) is -3.55.